The van der Waals surface area contributed by atoms with Gasteiger partial charge in [0.1, 0.15) is 5.75 Å². The van der Waals surface area contributed by atoms with Gasteiger partial charge in [-0.25, -0.2) is 0 Å². The van der Waals surface area contributed by atoms with Gasteiger partial charge in [-0.2, -0.15) is 0 Å². The molecule has 24 heavy (non-hydrogen) atoms. The number of hydrogen-bond donors (Lipinski definition) is 1. The predicted octanol–water partition coefficient (Wildman–Crippen LogP) is 8.25. The molecule has 0 radical (unpaired) electrons. The number of halogens is 1. The zero-order valence-electron chi connectivity index (χ0n) is 15.8. The van der Waals surface area contributed by atoms with Crippen LogP contribution >= 0.6 is 15.9 Å². The zero-order chi connectivity index (χ0) is 17.7. The third-order valence-electron chi connectivity index (χ3n) is 4.24. The first kappa shape index (κ1) is 23.5. The van der Waals surface area contributed by atoms with E-state index in [-0.39, 0.29) is 0 Å². The molecule has 1 nitrogen and oxygen atoms in total. The summed E-state index contributed by atoms with van der Waals surface area (Å²) >= 11 is 3.48. The fraction of sp³-hybridized carbons (Fsp3) is 0.727. The molecule has 0 aliphatic rings. The van der Waals surface area contributed by atoms with Crippen molar-refractivity contribution in [3.8, 4) is 5.75 Å². The fourth-order valence-corrected chi connectivity index (χ4v) is 3.11. The molecule has 0 aliphatic carbocycles. The highest BCUT2D eigenvalue weighted by Crippen LogP contribution is 2.13. The van der Waals surface area contributed by atoms with Crippen LogP contribution < -0.4 is 0 Å². The molecule has 1 aromatic carbocycles. The maximum absolute atomic E-state index is 8.63. The van der Waals surface area contributed by atoms with Crippen molar-refractivity contribution in [3.63, 3.8) is 0 Å². The first-order valence-electron chi connectivity index (χ1n) is 10.1. The lowest BCUT2D eigenvalue weighted by Gasteiger charge is -2.02. The van der Waals surface area contributed by atoms with Crippen molar-refractivity contribution >= 4 is 15.9 Å². The zero-order valence-corrected chi connectivity index (χ0v) is 17.4. The molecule has 0 fully saturated rings. The Labute approximate surface area is 159 Å². The number of phenolic OH excluding ortho intramolecular Hbond substituents is 1. The monoisotopic (exact) mass is 398 g/mol. The summed E-state index contributed by atoms with van der Waals surface area (Å²) in [5, 5.41) is 9.82. The van der Waals surface area contributed by atoms with E-state index >= 15 is 0 Å². The minimum absolute atomic E-state index is 0.322. The third kappa shape index (κ3) is 19.5. The minimum atomic E-state index is 0.322. The molecule has 0 aliphatic heterocycles. The number of phenols is 1. The molecule has 0 heterocycles. The molecule has 0 saturated carbocycles. The molecule has 140 valence electrons. The van der Waals surface area contributed by atoms with Gasteiger partial charge in [-0.15, -0.1) is 0 Å². The van der Waals surface area contributed by atoms with Gasteiger partial charge in [-0.05, 0) is 18.6 Å². The van der Waals surface area contributed by atoms with Crippen LogP contribution in [0.1, 0.15) is 96.8 Å². The van der Waals surface area contributed by atoms with E-state index in [4.69, 9.17) is 5.11 Å². The topological polar surface area (TPSA) is 20.2 Å². The van der Waals surface area contributed by atoms with Crippen molar-refractivity contribution in [1.82, 2.24) is 0 Å². The lowest BCUT2D eigenvalue weighted by atomic mass is 10.0. The summed E-state index contributed by atoms with van der Waals surface area (Å²) in [6, 6.07) is 8.71. The molecule has 0 aromatic heterocycles. The average molecular weight is 399 g/mol. The van der Waals surface area contributed by atoms with E-state index < -0.39 is 0 Å². The van der Waals surface area contributed by atoms with Crippen LogP contribution in [0.2, 0.25) is 0 Å². The smallest absolute Gasteiger partial charge is 0.115 e. The minimum Gasteiger partial charge on any atom is -0.508 e. The second-order valence-corrected chi connectivity index (χ2v) is 7.41. The van der Waals surface area contributed by atoms with Crippen molar-refractivity contribution in [2.24, 2.45) is 0 Å². The van der Waals surface area contributed by atoms with Crippen LogP contribution in [0.3, 0.4) is 0 Å². The van der Waals surface area contributed by atoms with E-state index in [1.165, 1.54) is 95.2 Å². The van der Waals surface area contributed by atoms with Crippen molar-refractivity contribution < 1.29 is 5.11 Å². The molecule has 0 unspecified atom stereocenters. The van der Waals surface area contributed by atoms with Gasteiger partial charge < -0.3 is 5.11 Å². The predicted molar refractivity (Wildman–Crippen MR) is 112 cm³/mol. The van der Waals surface area contributed by atoms with Crippen LogP contribution in [0.15, 0.2) is 30.3 Å². The summed E-state index contributed by atoms with van der Waals surface area (Å²) in [5.41, 5.74) is 0. The van der Waals surface area contributed by atoms with Crippen LogP contribution in [-0.4, -0.2) is 10.4 Å². The molecule has 1 aromatic rings. The van der Waals surface area contributed by atoms with Gasteiger partial charge in [0, 0.05) is 5.33 Å². The van der Waals surface area contributed by atoms with Gasteiger partial charge in [-0.3, -0.25) is 0 Å². The Morgan fingerprint density at radius 3 is 1.29 bits per heavy atom. The molecular weight excluding hydrogens is 360 g/mol. The van der Waals surface area contributed by atoms with Gasteiger partial charge in [0.2, 0.25) is 0 Å². The van der Waals surface area contributed by atoms with Crippen LogP contribution in [0.5, 0.6) is 5.75 Å². The number of aromatic hydroxyl groups is 1. The Morgan fingerprint density at radius 2 is 1.00 bits per heavy atom. The lowest BCUT2D eigenvalue weighted by molar-refractivity contribution is 0.475. The fourth-order valence-electron chi connectivity index (χ4n) is 2.72. The molecule has 2 heteroatoms. The molecule has 0 amide bonds. The third-order valence-corrected chi connectivity index (χ3v) is 4.80. The largest absolute Gasteiger partial charge is 0.508 e. The normalized spacial score (nSPS) is 10.2. The Hall–Kier alpha value is -0.500. The summed E-state index contributed by atoms with van der Waals surface area (Å²) in [5.74, 6) is 0.322. The van der Waals surface area contributed by atoms with Crippen LogP contribution in [0, 0.1) is 0 Å². The summed E-state index contributed by atoms with van der Waals surface area (Å²) < 4.78 is 0. The molecule has 1 rings (SSSR count). The van der Waals surface area contributed by atoms with Gasteiger partial charge in [0.15, 0.2) is 0 Å². The van der Waals surface area contributed by atoms with Gasteiger partial charge in [0.25, 0.3) is 0 Å². The van der Waals surface area contributed by atoms with E-state index in [0.29, 0.717) is 5.75 Å². The second-order valence-electron chi connectivity index (χ2n) is 6.62. The van der Waals surface area contributed by atoms with Gasteiger partial charge in [-0.1, -0.05) is 125 Å². The van der Waals surface area contributed by atoms with E-state index in [9.17, 15) is 0 Å². The molecular formula is C22H39BrO. The molecule has 1 N–H and O–H groups in total. The average Bonchev–Trinajstić information content (AvgIpc) is 2.60. The maximum atomic E-state index is 8.63. The summed E-state index contributed by atoms with van der Waals surface area (Å²) in [6.07, 6.45) is 20.3. The Bertz CT molecular complexity index is 312. The highest BCUT2D eigenvalue weighted by Gasteiger charge is 1.93. The molecule has 0 atom stereocenters. The first-order chi connectivity index (χ1) is 11.8. The number of rotatable bonds is 14. The molecule has 0 spiro atoms. The van der Waals surface area contributed by atoms with E-state index in [0.717, 1.165) is 0 Å². The quantitative estimate of drug-likeness (QED) is 0.247. The number of benzene rings is 1. The SMILES string of the molecule is CCCCCCCCCCCCCCCCBr.Oc1ccccc1. The van der Waals surface area contributed by atoms with E-state index in [1.54, 1.807) is 24.3 Å². The van der Waals surface area contributed by atoms with E-state index in [1.807, 2.05) is 6.07 Å². The van der Waals surface area contributed by atoms with Crippen LogP contribution in [-0.2, 0) is 0 Å². The van der Waals surface area contributed by atoms with Gasteiger partial charge in [0.05, 0.1) is 0 Å². The summed E-state index contributed by atoms with van der Waals surface area (Å²) in [4.78, 5) is 0. The molecule has 0 saturated heterocycles. The van der Waals surface area contributed by atoms with Gasteiger partial charge >= 0.3 is 0 Å². The molecule has 0 bridgehead atoms. The first-order valence-corrected chi connectivity index (χ1v) is 11.2. The second kappa shape index (κ2) is 20.5. The van der Waals surface area contributed by atoms with Crippen molar-refractivity contribution in [2.75, 3.05) is 5.33 Å². The maximum Gasteiger partial charge on any atom is 0.115 e. The highest BCUT2D eigenvalue weighted by molar-refractivity contribution is 9.09. The Kier molecular flexibility index (Phi) is 20.1. The summed E-state index contributed by atoms with van der Waals surface area (Å²) in [7, 11) is 0. The standard InChI is InChI=1S/C16H33Br.C6H6O/c1-2-3-4-5-6-7-8-9-10-11-12-13-14-15-16-17;7-6-4-2-1-3-5-6/h2-16H2,1H3;1-5,7H. The van der Waals surface area contributed by atoms with Crippen LogP contribution in [0.4, 0.5) is 0 Å². The highest BCUT2D eigenvalue weighted by atomic mass is 79.9. The number of hydrogen-bond acceptors (Lipinski definition) is 1. The van der Waals surface area contributed by atoms with Crippen molar-refractivity contribution in [2.45, 2.75) is 96.8 Å². The number of unbranched alkanes of at least 4 members (excludes halogenated alkanes) is 13. The van der Waals surface area contributed by atoms with Crippen molar-refractivity contribution in [3.05, 3.63) is 30.3 Å². The lowest BCUT2D eigenvalue weighted by Crippen LogP contribution is -1.83. The van der Waals surface area contributed by atoms with E-state index in [2.05, 4.69) is 22.9 Å². The number of para-hydroxylation sites is 1. The summed E-state index contributed by atoms with van der Waals surface area (Å²) in [6.45, 7) is 2.29. The van der Waals surface area contributed by atoms with Crippen molar-refractivity contribution in [1.29, 1.82) is 0 Å². The van der Waals surface area contributed by atoms with Crippen LogP contribution in [0.25, 0.3) is 0 Å². The Morgan fingerprint density at radius 1 is 0.625 bits per heavy atom. The Balaban J connectivity index is 0.000000620. The number of alkyl halides is 1.